The van der Waals surface area contributed by atoms with Crippen LogP contribution in [0, 0.1) is 5.92 Å². The Labute approximate surface area is 248 Å². The molecule has 1 amide bonds. The number of benzene rings is 1. The lowest BCUT2D eigenvalue weighted by Crippen LogP contribution is -2.52. The van der Waals surface area contributed by atoms with E-state index < -0.39 is 24.9 Å². The largest absolute Gasteiger partial charge is 0.411 e. The average molecular weight is 614 g/mol. The van der Waals surface area contributed by atoms with Gasteiger partial charge in [-0.2, -0.15) is 13.2 Å². The molecule has 1 aliphatic carbocycles. The van der Waals surface area contributed by atoms with Crippen molar-refractivity contribution in [3.63, 3.8) is 0 Å². The summed E-state index contributed by atoms with van der Waals surface area (Å²) < 4.78 is 72.2. The van der Waals surface area contributed by atoms with E-state index in [1.54, 1.807) is 13.1 Å². The zero-order valence-electron chi connectivity index (χ0n) is 24.5. The van der Waals surface area contributed by atoms with Crippen molar-refractivity contribution in [3.8, 4) is 0 Å². The smallest absolute Gasteiger partial charge is 0.358 e. The molecule has 14 heteroatoms. The number of amidine groups is 1. The fourth-order valence-corrected chi connectivity index (χ4v) is 5.39. The molecule has 2 heterocycles. The molecule has 0 saturated carbocycles. The molecule has 0 radical (unpaired) electrons. The summed E-state index contributed by atoms with van der Waals surface area (Å²) in [6, 6.07) is 6.05. The molecule has 4 rings (SSSR count). The molecule has 9 nitrogen and oxygen atoms in total. The Morgan fingerprint density at radius 2 is 1.95 bits per heavy atom. The molecule has 3 aliphatic rings. The number of carbonyl (C=O) groups excluding carboxylic acids is 1. The van der Waals surface area contributed by atoms with E-state index in [-0.39, 0.29) is 42.0 Å². The van der Waals surface area contributed by atoms with Crippen LogP contribution < -0.4 is 16.0 Å². The molecule has 3 N–H and O–H groups in total. The lowest BCUT2D eigenvalue weighted by molar-refractivity contribution is -0.186. The van der Waals surface area contributed by atoms with Crippen molar-refractivity contribution in [1.29, 1.82) is 0 Å². The number of aliphatic imine (C=N–C) groups is 2. The second-order valence-corrected chi connectivity index (χ2v) is 11.0. The maximum atomic E-state index is 14.2. The van der Waals surface area contributed by atoms with Crippen LogP contribution in [0.4, 0.5) is 27.6 Å². The predicted molar refractivity (Wildman–Crippen MR) is 155 cm³/mol. The molecule has 2 aliphatic heterocycles. The third kappa shape index (κ3) is 9.97. The number of hydrogen-bond donors (Lipinski definition) is 3. The van der Waals surface area contributed by atoms with Crippen molar-refractivity contribution in [2.45, 2.75) is 57.0 Å². The van der Waals surface area contributed by atoms with Gasteiger partial charge in [-0.3, -0.25) is 19.6 Å². The second kappa shape index (κ2) is 14.6. The summed E-state index contributed by atoms with van der Waals surface area (Å²) in [5, 5.41) is 8.46. The highest BCUT2D eigenvalue weighted by atomic mass is 19.4. The van der Waals surface area contributed by atoms with Crippen molar-refractivity contribution in [1.82, 2.24) is 20.4 Å². The zero-order chi connectivity index (χ0) is 31.0. The summed E-state index contributed by atoms with van der Waals surface area (Å²) in [6.07, 6.45) is 0.0371. The van der Waals surface area contributed by atoms with Gasteiger partial charge in [0.05, 0.1) is 13.0 Å². The third-order valence-electron chi connectivity index (χ3n) is 7.81. The molecule has 1 fully saturated rings. The first-order valence-corrected chi connectivity index (χ1v) is 14.6. The number of piperazine rings is 1. The van der Waals surface area contributed by atoms with Gasteiger partial charge in [-0.25, -0.2) is 13.8 Å². The summed E-state index contributed by atoms with van der Waals surface area (Å²) in [6.45, 7) is 4.05. The molecule has 3 atom stereocenters. The van der Waals surface area contributed by atoms with E-state index in [9.17, 15) is 26.7 Å². The molecule has 0 aromatic heterocycles. The van der Waals surface area contributed by atoms with E-state index in [4.69, 9.17) is 4.74 Å². The molecular formula is C29H40F5N7O2. The van der Waals surface area contributed by atoms with Gasteiger partial charge >= 0.3 is 6.18 Å². The first-order chi connectivity index (χ1) is 20.4. The van der Waals surface area contributed by atoms with E-state index in [1.807, 2.05) is 0 Å². The van der Waals surface area contributed by atoms with Crippen molar-refractivity contribution >= 4 is 23.4 Å². The number of carbonyl (C=O) groups is 1. The molecule has 3 unspecified atom stereocenters. The lowest BCUT2D eigenvalue weighted by Gasteiger charge is -2.40. The number of anilines is 1. The second-order valence-electron chi connectivity index (χ2n) is 11.0. The quantitative estimate of drug-likeness (QED) is 0.274. The van der Waals surface area contributed by atoms with E-state index >= 15 is 0 Å². The van der Waals surface area contributed by atoms with Crippen molar-refractivity contribution in [2.24, 2.45) is 15.9 Å². The van der Waals surface area contributed by atoms with Crippen LogP contribution in [0.3, 0.4) is 0 Å². The predicted octanol–water partition coefficient (Wildman–Crippen LogP) is 3.95. The molecular weight excluding hydrogens is 573 g/mol. The molecule has 238 valence electrons. The number of guanidine groups is 1. The summed E-state index contributed by atoms with van der Waals surface area (Å²) in [7, 11) is 1.63. The van der Waals surface area contributed by atoms with Gasteiger partial charge in [0.25, 0.3) is 5.92 Å². The van der Waals surface area contributed by atoms with E-state index in [1.165, 1.54) is 25.1 Å². The van der Waals surface area contributed by atoms with Crippen molar-refractivity contribution in [3.05, 3.63) is 42.0 Å². The maximum absolute atomic E-state index is 14.2. The minimum absolute atomic E-state index is 0.00293. The Kier molecular flexibility index (Phi) is 11.1. The van der Waals surface area contributed by atoms with Gasteiger partial charge in [-0.15, -0.1) is 0 Å². The molecule has 43 heavy (non-hydrogen) atoms. The maximum Gasteiger partial charge on any atom is 0.411 e. The Hall–Kier alpha value is -3.10. The number of amides is 1. The minimum Gasteiger partial charge on any atom is -0.358 e. The molecule has 1 saturated heterocycles. The number of hydrogen-bond acceptors (Lipinski definition) is 6. The normalized spacial score (nSPS) is 24.9. The molecule has 1 aromatic rings. The van der Waals surface area contributed by atoms with Crippen LogP contribution >= 0.6 is 0 Å². The Morgan fingerprint density at radius 3 is 2.65 bits per heavy atom. The number of rotatable bonds is 10. The molecule has 0 bridgehead atoms. The van der Waals surface area contributed by atoms with Gasteiger partial charge < -0.3 is 20.7 Å². The molecule has 0 spiro atoms. The highest BCUT2D eigenvalue weighted by molar-refractivity contribution is 6.05. The van der Waals surface area contributed by atoms with Crippen LogP contribution in [-0.2, 0) is 15.5 Å². The van der Waals surface area contributed by atoms with E-state index in [0.29, 0.717) is 24.8 Å². The van der Waals surface area contributed by atoms with Crippen LogP contribution in [0.15, 0.2) is 46.4 Å². The Bertz CT molecular complexity index is 1180. The van der Waals surface area contributed by atoms with Crippen LogP contribution in [-0.4, -0.2) is 98.9 Å². The SMILES string of the molecule is CCC(F)(F)c1cccc(NC2=NC(=NCC3C=CCC(N4CCN(CC(=O)NC)CC4)C3)NC(OCC(F)(F)F)C2)c1. The zero-order valence-corrected chi connectivity index (χ0v) is 24.5. The molecule has 1 aromatic carbocycles. The fraction of sp³-hybridized carbons (Fsp3) is 0.621. The Morgan fingerprint density at radius 1 is 1.19 bits per heavy atom. The van der Waals surface area contributed by atoms with Crippen LogP contribution in [0.25, 0.3) is 0 Å². The number of likely N-dealkylation sites (N-methyl/N-ethyl adjacent to an activating group) is 1. The van der Waals surface area contributed by atoms with Crippen LogP contribution in [0.1, 0.15) is 38.2 Å². The average Bonchev–Trinajstić information content (AvgIpc) is 2.99. The third-order valence-corrected chi connectivity index (χ3v) is 7.81. The van der Waals surface area contributed by atoms with Gasteiger partial charge in [0.15, 0.2) is 0 Å². The first kappa shape index (κ1) is 32.8. The van der Waals surface area contributed by atoms with E-state index in [0.717, 1.165) is 39.0 Å². The summed E-state index contributed by atoms with van der Waals surface area (Å²) >= 11 is 0. The van der Waals surface area contributed by atoms with Crippen LogP contribution in [0.2, 0.25) is 0 Å². The first-order valence-electron chi connectivity index (χ1n) is 14.6. The Balaban J connectivity index is 1.40. The topological polar surface area (TPSA) is 93.6 Å². The summed E-state index contributed by atoms with van der Waals surface area (Å²) in [5.41, 5.74) is 0.175. The van der Waals surface area contributed by atoms with Gasteiger partial charge in [0.1, 0.15) is 18.7 Å². The van der Waals surface area contributed by atoms with Gasteiger partial charge in [-0.1, -0.05) is 31.2 Å². The van der Waals surface area contributed by atoms with Crippen molar-refractivity contribution in [2.75, 3.05) is 58.2 Å². The number of nitrogens with zero attached hydrogens (tertiary/aromatic N) is 4. The van der Waals surface area contributed by atoms with Crippen molar-refractivity contribution < 1.29 is 31.5 Å². The van der Waals surface area contributed by atoms with Gasteiger partial charge in [-0.05, 0) is 30.9 Å². The summed E-state index contributed by atoms with van der Waals surface area (Å²) in [4.78, 5) is 25.3. The monoisotopic (exact) mass is 613 g/mol. The number of nitrogens with one attached hydrogen (secondary N) is 3. The highest BCUT2D eigenvalue weighted by Gasteiger charge is 2.32. The van der Waals surface area contributed by atoms with Gasteiger partial charge in [0, 0.05) is 63.5 Å². The minimum atomic E-state index is -4.52. The van der Waals surface area contributed by atoms with E-state index in [2.05, 4.69) is 47.9 Å². The number of ether oxygens (including phenoxy) is 1. The number of halogens is 5. The standard InChI is InChI=1S/C29H40F5N7O2/c1-3-28(30,31)21-7-5-8-22(15-21)37-24-16-26(43-19-29(32,33)34)39-27(38-24)36-17-20-6-4-9-23(14-20)41-12-10-40(11-13-41)18-25(42)35-2/h4-8,15,20,23,26H,3,9-14,16-19H2,1-2H3,(H,35,42)(H2,36,37,38,39). The van der Waals surface area contributed by atoms with Crippen LogP contribution in [0.5, 0.6) is 0 Å². The van der Waals surface area contributed by atoms with Gasteiger partial charge in [0.2, 0.25) is 11.9 Å². The lowest BCUT2D eigenvalue weighted by atomic mass is 9.90. The summed E-state index contributed by atoms with van der Waals surface area (Å²) in [5.74, 6) is -2.53. The highest BCUT2D eigenvalue weighted by Crippen LogP contribution is 2.32. The number of alkyl halides is 5. The fourth-order valence-electron chi connectivity index (χ4n) is 5.39.